The van der Waals surface area contributed by atoms with Gasteiger partial charge in [-0.2, -0.15) is 0 Å². The lowest BCUT2D eigenvalue weighted by Gasteiger charge is -2.67. The molecule has 0 aromatic heterocycles. The van der Waals surface area contributed by atoms with Gasteiger partial charge in [0.05, 0.1) is 72.5 Å². The predicted molar refractivity (Wildman–Crippen MR) is 301 cm³/mol. The maximum atomic E-state index is 13.8. The number of ether oxygens (including phenoxy) is 15. The van der Waals surface area contributed by atoms with Crippen molar-refractivity contribution in [1.29, 1.82) is 0 Å². The molecule has 9 aliphatic rings. The third-order valence-electron chi connectivity index (χ3n) is 21.7. The van der Waals surface area contributed by atoms with Crippen molar-refractivity contribution in [3.63, 3.8) is 0 Å². The van der Waals surface area contributed by atoms with Gasteiger partial charge in [-0.05, 0) is 97.1 Å². The Labute approximate surface area is 508 Å². The van der Waals surface area contributed by atoms with Gasteiger partial charge in [0, 0.05) is 53.6 Å². The number of hydrogen-bond donors (Lipinski definition) is 9. The summed E-state index contributed by atoms with van der Waals surface area (Å²) in [5.41, 5.74) is -6.40. The Hall–Kier alpha value is -2.49. The fraction of sp³-hybridized carbons (Fsp3) is 0.855. The summed E-state index contributed by atoms with van der Waals surface area (Å²) in [6.07, 6.45) is -18.4. The number of hydrogen-bond acceptors (Lipinski definition) is 25. The standard InChI is InChI=1S/C62H96O25/c1-29-50(37(73-8)24-43(77-29)81-36-18-19-58(6)35(23-36)17-20-61(71)41(58)27-42(83-55(69)34-15-13-12-14-16-34)59(7)60(70,33(5)64)21-22-62(59,61)72)84-44-25-38(74-9)51(30(2)78-44)85-45-26-39(75-10)52(31(3)79-45)86-57-49(68)54(76-11)53(32(4)80-57)87-56-48(67)47(66)46(65)40(28-63)82-56/h12-17,29-33,36-54,56-57,63-68,70-72H,18-28H2,1-11H3/t29-,30-,31-,32-,33?,36+,37+,38+,39-,40-,41-,42?,43+,44+,45+,46-,47+,48-,49-,50-,51-,52-,53-,54+,56+,57+,58+,59-,60+,61+,62-/m1/s1. The van der Waals surface area contributed by atoms with Gasteiger partial charge in [0.2, 0.25) is 0 Å². The molecular weight excluding hydrogens is 1140 g/mol. The van der Waals surface area contributed by atoms with Crippen molar-refractivity contribution in [1.82, 2.24) is 0 Å². The van der Waals surface area contributed by atoms with Crippen molar-refractivity contribution < 1.29 is 122 Å². The zero-order chi connectivity index (χ0) is 62.9. The zero-order valence-corrected chi connectivity index (χ0v) is 51.8. The van der Waals surface area contributed by atoms with Crippen LogP contribution in [0.3, 0.4) is 0 Å². The topological polar surface area (TPSA) is 338 Å². The van der Waals surface area contributed by atoms with Crippen molar-refractivity contribution in [3.05, 3.63) is 47.5 Å². The van der Waals surface area contributed by atoms with Crippen molar-refractivity contribution in [2.75, 3.05) is 35.0 Å². The molecule has 5 heterocycles. The van der Waals surface area contributed by atoms with E-state index in [-0.39, 0.29) is 38.2 Å². The monoisotopic (exact) mass is 1240 g/mol. The van der Waals surface area contributed by atoms with Crippen LogP contribution in [0.25, 0.3) is 0 Å². The van der Waals surface area contributed by atoms with Crippen LogP contribution in [0.5, 0.6) is 0 Å². The van der Waals surface area contributed by atoms with Gasteiger partial charge >= 0.3 is 5.97 Å². The van der Waals surface area contributed by atoms with Crippen LogP contribution in [0.15, 0.2) is 42.0 Å². The van der Waals surface area contributed by atoms with Gasteiger partial charge in [-0.15, -0.1) is 0 Å². The highest BCUT2D eigenvalue weighted by molar-refractivity contribution is 5.89. The van der Waals surface area contributed by atoms with E-state index in [0.717, 1.165) is 5.57 Å². The van der Waals surface area contributed by atoms with Gasteiger partial charge in [0.1, 0.15) is 83.9 Å². The molecule has 5 saturated heterocycles. The van der Waals surface area contributed by atoms with Crippen LogP contribution in [0.4, 0.5) is 0 Å². The first-order valence-electron chi connectivity index (χ1n) is 31.0. The second-order valence-electron chi connectivity index (χ2n) is 26.3. The first-order valence-corrected chi connectivity index (χ1v) is 31.0. The molecule has 8 fully saturated rings. The van der Waals surface area contributed by atoms with Gasteiger partial charge in [-0.3, -0.25) is 0 Å². The molecule has 25 nitrogen and oxygen atoms in total. The number of fused-ring (bicyclic) bond motifs is 5. The molecule has 0 amide bonds. The van der Waals surface area contributed by atoms with E-state index in [9.17, 15) is 50.8 Å². The second kappa shape index (κ2) is 26.5. The summed E-state index contributed by atoms with van der Waals surface area (Å²) in [6.45, 7) is 11.8. The van der Waals surface area contributed by atoms with Crippen LogP contribution >= 0.6 is 0 Å². The van der Waals surface area contributed by atoms with Crippen LogP contribution in [0, 0.1) is 16.7 Å². The number of benzene rings is 1. The molecule has 31 atom stereocenters. The molecule has 4 aliphatic carbocycles. The minimum Gasteiger partial charge on any atom is -0.458 e. The summed E-state index contributed by atoms with van der Waals surface area (Å²) in [6, 6.07) is 8.54. The molecule has 0 spiro atoms. The average Bonchev–Trinajstić information content (AvgIpc) is 1.61. The Bertz CT molecular complexity index is 2490. The van der Waals surface area contributed by atoms with Gasteiger partial charge in [0.15, 0.2) is 31.5 Å². The van der Waals surface area contributed by atoms with Crippen LogP contribution in [0.1, 0.15) is 123 Å². The van der Waals surface area contributed by atoms with E-state index in [2.05, 4.69) is 6.92 Å². The molecule has 1 aromatic rings. The van der Waals surface area contributed by atoms with Gasteiger partial charge in [-0.1, -0.05) is 43.7 Å². The molecule has 10 rings (SSSR count). The number of aliphatic hydroxyl groups excluding tert-OH is 6. The highest BCUT2D eigenvalue weighted by atomic mass is 16.8. The summed E-state index contributed by atoms with van der Waals surface area (Å²) < 4.78 is 93.7. The van der Waals surface area contributed by atoms with E-state index in [4.69, 9.17) is 71.1 Å². The number of aliphatic hydroxyl groups is 9. The van der Waals surface area contributed by atoms with Crippen LogP contribution in [-0.2, 0) is 71.1 Å². The van der Waals surface area contributed by atoms with Crippen molar-refractivity contribution >= 4 is 5.97 Å². The molecular formula is C62H96O25. The third-order valence-corrected chi connectivity index (χ3v) is 21.7. The van der Waals surface area contributed by atoms with Crippen LogP contribution < -0.4 is 0 Å². The Kier molecular flexibility index (Phi) is 20.5. The maximum absolute atomic E-state index is 13.8. The van der Waals surface area contributed by atoms with Crippen LogP contribution in [0.2, 0.25) is 0 Å². The first-order chi connectivity index (χ1) is 41.2. The normalized spacial score (nSPS) is 50.5. The van der Waals surface area contributed by atoms with Crippen LogP contribution in [-0.4, -0.2) is 257 Å². The number of carbonyl (C=O) groups is 1. The first kappa shape index (κ1) is 67.4. The summed E-state index contributed by atoms with van der Waals surface area (Å²) in [4.78, 5) is 13.8. The van der Waals surface area contributed by atoms with E-state index in [1.807, 2.05) is 19.9 Å². The second-order valence-corrected chi connectivity index (χ2v) is 26.3. The quantitative estimate of drug-likeness (QED) is 0.0741. The van der Waals surface area contributed by atoms with Gasteiger partial charge in [0.25, 0.3) is 0 Å². The molecule has 494 valence electrons. The third kappa shape index (κ3) is 11.9. The molecule has 0 bridgehead atoms. The van der Waals surface area contributed by atoms with E-state index in [0.29, 0.717) is 37.7 Å². The SMILES string of the molecule is CO[C@H]1[C@@H](O)[C@H](O[C@@H]2[C@@H](C)O[C@@H](O[C@H]3[C@@H](OC)C[C@H](O[C@H]4[C@@H](OC)C[C@H](O[C@H]5CC[C@@]6(C)C(=CC[C@]7(O)[C@@H]6CC(OC(=O)c6ccccc6)[C@@]6(C)[C@]7(O)CC[C@]6(O)C(C)O)C5)O[C@@H]4C)O[C@@H]3C)C[C@H]2OC)O[C@H](C)[C@H]1O[C@@H]1O[C@H](CO)[C@@H](O)[C@H](O)[C@H]1O. The van der Waals surface area contributed by atoms with Gasteiger partial charge in [-0.25, -0.2) is 4.79 Å². The van der Waals surface area contributed by atoms with E-state index < -0.39 is 194 Å². The summed E-state index contributed by atoms with van der Waals surface area (Å²) in [7, 11) is 6.11. The molecule has 0 radical (unpaired) electrons. The van der Waals surface area contributed by atoms with Crippen molar-refractivity contribution in [3.8, 4) is 0 Å². The number of esters is 1. The van der Waals surface area contributed by atoms with E-state index in [1.54, 1.807) is 65.3 Å². The fourth-order valence-corrected chi connectivity index (χ4v) is 16.5. The Morgan fingerprint density at radius 3 is 1.69 bits per heavy atom. The minimum atomic E-state index is -1.93. The average molecular weight is 1240 g/mol. The van der Waals surface area contributed by atoms with Crippen molar-refractivity contribution in [2.45, 2.75) is 283 Å². The maximum Gasteiger partial charge on any atom is 0.338 e. The summed E-state index contributed by atoms with van der Waals surface area (Å²) in [5.74, 6) is -1.19. The lowest BCUT2D eigenvalue weighted by atomic mass is 9.42. The fourth-order valence-electron chi connectivity index (χ4n) is 16.5. The highest BCUT2D eigenvalue weighted by Crippen LogP contribution is 2.71. The van der Waals surface area contributed by atoms with E-state index >= 15 is 0 Å². The molecule has 9 N–H and O–H groups in total. The molecule has 87 heavy (non-hydrogen) atoms. The number of methoxy groups -OCH3 is 4. The molecule has 2 unspecified atom stereocenters. The smallest absolute Gasteiger partial charge is 0.338 e. The largest absolute Gasteiger partial charge is 0.458 e. The molecule has 25 heteroatoms. The summed E-state index contributed by atoms with van der Waals surface area (Å²) >= 11 is 0. The zero-order valence-electron chi connectivity index (χ0n) is 51.8. The molecule has 5 aliphatic heterocycles. The molecule has 1 aromatic carbocycles. The van der Waals surface area contributed by atoms with Crippen molar-refractivity contribution in [2.24, 2.45) is 16.7 Å². The Morgan fingerprint density at radius 2 is 1.15 bits per heavy atom. The minimum absolute atomic E-state index is 0.000186. The lowest BCUT2D eigenvalue weighted by molar-refractivity contribution is -0.374. The number of rotatable bonds is 18. The van der Waals surface area contributed by atoms with Gasteiger partial charge < -0.3 is 117 Å². The van der Waals surface area contributed by atoms with E-state index in [1.165, 1.54) is 21.1 Å². The number of carbonyl (C=O) groups excluding carboxylic acids is 1. The molecule has 3 saturated carbocycles. The Balaban J connectivity index is 0.728. The highest BCUT2D eigenvalue weighted by Gasteiger charge is 2.81. The summed E-state index contributed by atoms with van der Waals surface area (Å²) in [5, 5.41) is 102. The lowest BCUT2D eigenvalue weighted by Crippen LogP contribution is -2.78. The Morgan fingerprint density at radius 1 is 0.621 bits per heavy atom. The predicted octanol–water partition coefficient (Wildman–Crippen LogP) is 1.42.